The van der Waals surface area contributed by atoms with Gasteiger partial charge in [0, 0.05) is 24.3 Å². The topological polar surface area (TPSA) is 73.5 Å². The highest BCUT2D eigenvalue weighted by Crippen LogP contribution is 2.15. The molecule has 0 radical (unpaired) electrons. The summed E-state index contributed by atoms with van der Waals surface area (Å²) in [6, 6.07) is 5.92. The molecule has 0 unspecified atom stereocenters. The molecule has 0 saturated carbocycles. The zero-order valence-electron chi connectivity index (χ0n) is 14.2. The van der Waals surface area contributed by atoms with E-state index >= 15 is 0 Å². The fourth-order valence-electron chi connectivity index (χ4n) is 2.08. The van der Waals surface area contributed by atoms with Crippen molar-refractivity contribution in [2.24, 2.45) is 0 Å². The van der Waals surface area contributed by atoms with E-state index in [2.05, 4.69) is 16.0 Å². The number of carbonyl (C=O) groups is 2. The van der Waals surface area contributed by atoms with Gasteiger partial charge in [0.05, 0.1) is 6.54 Å². The number of rotatable bonds is 8. The molecule has 6 nitrogen and oxygen atoms in total. The van der Waals surface area contributed by atoms with Crippen LogP contribution in [-0.4, -0.2) is 56.2 Å². The molecule has 0 saturated heterocycles. The Hall–Kier alpha value is -2.29. The van der Waals surface area contributed by atoms with E-state index in [4.69, 9.17) is 0 Å². The van der Waals surface area contributed by atoms with E-state index in [1.807, 2.05) is 6.92 Å². The first-order valence-electron chi connectivity index (χ1n) is 7.89. The molecular formula is C16H23F3N4O2. The van der Waals surface area contributed by atoms with Gasteiger partial charge in [0.25, 0.3) is 5.91 Å². The number of alkyl halides is 3. The lowest BCUT2D eigenvalue weighted by atomic mass is 10.2. The second-order valence-corrected chi connectivity index (χ2v) is 5.52. The monoisotopic (exact) mass is 360 g/mol. The van der Waals surface area contributed by atoms with Gasteiger partial charge in [-0.2, -0.15) is 13.2 Å². The minimum atomic E-state index is -4.22. The quantitative estimate of drug-likeness (QED) is 0.624. The van der Waals surface area contributed by atoms with Crippen LogP contribution in [0.15, 0.2) is 24.3 Å². The van der Waals surface area contributed by atoms with E-state index in [0.29, 0.717) is 24.2 Å². The summed E-state index contributed by atoms with van der Waals surface area (Å²) in [7, 11) is 1.38. The van der Waals surface area contributed by atoms with Crippen molar-refractivity contribution in [1.82, 2.24) is 15.5 Å². The van der Waals surface area contributed by atoms with Gasteiger partial charge in [0.1, 0.15) is 0 Å². The standard InChI is InChI=1S/C16H23F3N4O2/c1-3-20-14(24)12-5-7-13(8-6-12)22-15(25)21-9-4-10-23(2)11-16(17,18)19/h5-8H,3-4,9-11H2,1-2H3,(H,20,24)(H2,21,22,25). The van der Waals surface area contributed by atoms with Crippen molar-refractivity contribution in [2.45, 2.75) is 19.5 Å². The van der Waals surface area contributed by atoms with Crippen LogP contribution in [0, 0.1) is 0 Å². The van der Waals surface area contributed by atoms with Crippen LogP contribution in [0.1, 0.15) is 23.7 Å². The van der Waals surface area contributed by atoms with Crippen molar-refractivity contribution in [2.75, 3.05) is 38.5 Å². The molecule has 1 aromatic carbocycles. The Bertz CT molecular complexity index is 561. The lowest BCUT2D eigenvalue weighted by Gasteiger charge is -2.18. The molecule has 3 N–H and O–H groups in total. The highest BCUT2D eigenvalue weighted by Gasteiger charge is 2.28. The van der Waals surface area contributed by atoms with Crippen molar-refractivity contribution < 1.29 is 22.8 Å². The van der Waals surface area contributed by atoms with Crippen molar-refractivity contribution in [3.8, 4) is 0 Å². The molecule has 0 aliphatic rings. The Balaban J connectivity index is 2.29. The molecule has 0 aliphatic carbocycles. The largest absolute Gasteiger partial charge is 0.401 e. The summed E-state index contributed by atoms with van der Waals surface area (Å²) in [5.41, 5.74) is 1.00. The molecule has 25 heavy (non-hydrogen) atoms. The van der Waals surface area contributed by atoms with Crippen LogP contribution in [0.25, 0.3) is 0 Å². The number of amides is 3. The summed E-state index contributed by atoms with van der Waals surface area (Å²) < 4.78 is 36.5. The number of benzene rings is 1. The zero-order chi connectivity index (χ0) is 18.9. The maximum Gasteiger partial charge on any atom is 0.401 e. The summed E-state index contributed by atoms with van der Waals surface area (Å²) in [6.07, 6.45) is -3.82. The molecule has 0 atom stereocenters. The number of halogens is 3. The van der Waals surface area contributed by atoms with Crippen LogP contribution in [0.4, 0.5) is 23.7 Å². The average Bonchev–Trinajstić information content (AvgIpc) is 2.51. The molecule has 9 heteroatoms. The van der Waals surface area contributed by atoms with Crippen LogP contribution in [-0.2, 0) is 0 Å². The number of nitrogens with one attached hydrogen (secondary N) is 3. The zero-order valence-corrected chi connectivity index (χ0v) is 14.2. The Kier molecular flexibility index (Phi) is 8.20. The average molecular weight is 360 g/mol. The molecule has 0 fully saturated rings. The Morgan fingerprint density at radius 3 is 2.32 bits per heavy atom. The summed E-state index contributed by atoms with van der Waals surface area (Å²) in [5, 5.41) is 7.83. The lowest BCUT2D eigenvalue weighted by molar-refractivity contribution is -0.143. The normalized spacial score (nSPS) is 11.3. The third kappa shape index (κ3) is 8.94. The minimum absolute atomic E-state index is 0.193. The van der Waals surface area contributed by atoms with Crippen LogP contribution < -0.4 is 16.0 Å². The van der Waals surface area contributed by atoms with Gasteiger partial charge < -0.3 is 16.0 Å². The van der Waals surface area contributed by atoms with Crippen molar-refractivity contribution in [3.63, 3.8) is 0 Å². The fourth-order valence-corrected chi connectivity index (χ4v) is 2.08. The van der Waals surface area contributed by atoms with Gasteiger partial charge in [-0.15, -0.1) is 0 Å². The third-order valence-electron chi connectivity index (χ3n) is 3.19. The first kappa shape index (κ1) is 20.8. The van der Waals surface area contributed by atoms with Crippen LogP contribution in [0.5, 0.6) is 0 Å². The molecule has 0 heterocycles. The molecule has 0 aliphatic heterocycles. The van der Waals surface area contributed by atoms with Gasteiger partial charge in [-0.05, 0) is 51.2 Å². The van der Waals surface area contributed by atoms with Crippen LogP contribution >= 0.6 is 0 Å². The van der Waals surface area contributed by atoms with Gasteiger partial charge in [-0.25, -0.2) is 4.79 Å². The highest BCUT2D eigenvalue weighted by molar-refractivity contribution is 5.95. The van der Waals surface area contributed by atoms with Gasteiger partial charge in [0.15, 0.2) is 0 Å². The summed E-state index contributed by atoms with van der Waals surface area (Å²) in [4.78, 5) is 24.5. The van der Waals surface area contributed by atoms with Gasteiger partial charge in [-0.3, -0.25) is 9.69 Å². The molecule has 1 rings (SSSR count). The molecule has 0 spiro atoms. The first-order chi connectivity index (χ1) is 11.7. The first-order valence-corrected chi connectivity index (χ1v) is 7.89. The fraction of sp³-hybridized carbons (Fsp3) is 0.500. The molecule has 0 bridgehead atoms. The van der Waals surface area contributed by atoms with Crippen LogP contribution in [0.2, 0.25) is 0 Å². The highest BCUT2D eigenvalue weighted by atomic mass is 19.4. The molecule has 3 amide bonds. The van der Waals surface area contributed by atoms with E-state index < -0.39 is 18.8 Å². The van der Waals surface area contributed by atoms with Gasteiger partial charge >= 0.3 is 12.2 Å². The number of anilines is 1. The Morgan fingerprint density at radius 2 is 1.76 bits per heavy atom. The predicted octanol–water partition coefficient (Wildman–Crippen LogP) is 2.44. The summed E-state index contributed by atoms with van der Waals surface area (Å²) >= 11 is 0. The molecule has 1 aromatic rings. The Labute approximate surface area is 144 Å². The second kappa shape index (κ2) is 9.87. The van der Waals surface area contributed by atoms with Crippen molar-refractivity contribution in [3.05, 3.63) is 29.8 Å². The maximum atomic E-state index is 12.2. The Morgan fingerprint density at radius 1 is 1.12 bits per heavy atom. The minimum Gasteiger partial charge on any atom is -0.352 e. The lowest BCUT2D eigenvalue weighted by Crippen LogP contribution is -2.34. The smallest absolute Gasteiger partial charge is 0.352 e. The van der Waals surface area contributed by atoms with E-state index in [1.54, 1.807) is 24.3 Å². The summed E-state index contributed by atoms with van der Waals surface area (Å²) in [6.45, 7) is 1.85. The predicted molar refractivity (Wildman–Crippen MR) is 89.6 cm³/mol. The van der Waals surface area contributed by atoms with E-state index in [-0.39, 0.29) is 19.0 Å². The molecular weight excluding hydrogens is 337 g/mol. The van der Waals surface area contributed by atoms with Crippen LogP contribution in [0.3, 0.4) is 0 Å². The van der Waals surface area contributed by atoms with Gasteiger partial charge in [0.2, 0.25) is 0 Å². The van der Waals surface area contributed by atoms with E-state index in [9.17, 15) is 22.8 Å². The number of hydrogen-bond acceptors (Lipinski definition) is 3. The van der Waals surface area contributed by atoms with Crippen molar-refractivity contribution in [1.29, 1.82) is 0 Å². The number of hydrogen-bond donors (Lipinski definition) is 3. The van der Waals surface area contributed by atoms with Crippen molar-refractivity contribution >= 4 is 17.6 Å². The van der Waals surface area contributed by atoms with E-state index in [0.717, 1.165) is 4.90 Å². The van der Waals surface area contributed by atoms with Gasteiger partial charge in [-0.1, -0.05) is 0 Å². The number of nitrogens with zero attached hydrogens (tertiary/aromatic N) is 1. The number of urea groups is 1. The third-order valence-corrected chi connectivity index (χ3v) is 3.19. The second-order valence-electron chi connectivity index (χ2n) is 5.52. The molecule has 0 aromatic heterocycles. The summed E-state index contributed by atoms with van der Waals surface area (Å²) in [5.74, 6) is -0.193. The molecule has 140 valence electrons. The maximum absolute atomic E-state index is 12.2. The van der Waals surface area contributed by atoms with E-state index in [1.165, 1.54) is 7.05 Å². The SMILES string of the molecule is CCNC(=O)c1ccc(NC(=O)NCCCN(C)CC(F)(F)F)cc1. The number of carbonyl (C=O) groups excluding carboxylic acids is 2.